The van der Waals surface area contributed by atoms with Crippen LogP contribution in [0.5, 0.6) is 0 Å². The van der Waals surface area contributed by atoms with Crippen molar-refractivity contribution in [3.63, 3.8) is 0 Å². The molecule has 0 unspecified atom stereocenters. The van der Waals surface area contributed by atoms with Crippen molar-refractivity contribution < 1.29 is 86.7 Å². The monoisotopic (exact) mass is 718 g/mol. The third-order valence-electron chi connectivity index (χ3n) is 3.75. The van der Waals surface area contributed by atoms with E-state index >= 15 is 0 Å². The van der Waals surface area contributed by atoms with Gasteiger partial charge in [-0.1, -0.05) is 112 Å². The van der Waals surface area contributed by atoms with Crippen molar-refractivity contribution >= 4 is 31.2 Å². The maximum absolute atomic E-state index is 8.52. The molecule has 0 aliphatic rings. The summed E-state index contributed by atoms with van der Waals surface area (Å²) in [5.41, 5.74) is 4.23. The topological polar surface area (TPSA) is 241 Å². The Morgan fingerprint density at radius 1 is 0.390 bits per heavy atom. The maximum Gasteiger partial charge on any atom is 3.00 e. The fourth-order valence-corrected chi connectivity index (χ4v) is 2.14. The molecule has 0 heterocycles. The first-order valence-electron chi connectivity index (χ1n) is 10.9. The molecule has 0 N–H and O–H groups in total. The van der Waals surface area contributed by atoms with E-state index in [9.17, 15) is 0 Å². The van der Waals surface area contributed by atoms with Crippen LogP contribution in [0.2, 0.25) is 0 Å². The first kappa shape index (κ1) is 49.0. The normalized spacial score (nSPS) is 9.59. The average Bonchev–Trinajstić information content (AvgIpc) is 2.83. The number of rotatable bonds is 3. The Kier molecular flexibility index (Phi) is 34.0. The molecule has 0 atom stereocenters. The van der Waals surface area contributed by atoms with Crippen LogP contribution in [0, 0.1) is 0 Å². The smallest absolute Gasteiger partial charge is 0.759 e. The Bertz CT molecular complexity index is 1100. The van der Waals surface area contributed by atoms with E-state index in [0.717, 1.165) is 19.3 Å². The van der Waals surface area contributed by atoms with E-state index in [1.54, 1.807) is 0 Å². The zero-order valence-electron chi connectivity index (χ0n) is 22.1. The van der Waals surface area contributed by atoms with E-state index in [2.05, 4.69) is 93.6 Å². The molecule has 2 radical (unpaired) electrons. The van der Waals surface area contributed by atoms with Gasteiger partial charge in [0.15, 0.2) is 0 Å². The van der Waals surface area contributed by atoms with Crippen LogP contribution in [0.15, 0.2) is 91.0 Å². The fraction of sp³-hybridized carbons (Fsp3) is 0.250. The van der Waals surface area contributed by atoms with E-state index in [4.69, 9.17) is 52.6 Å². The van der Waals surface area contributed by atoms with Crippen LogP contribution in [0.1, 0.15) is 37.5 Å². The molecular weight excluding hydrogens is 688 g/mol. The van der Waals surface area contributed by atoms with Crippen molar-refractivity contribution in [3.8, 4) is 0 Å². The van der Waals surface area contributed by atoms with Crippen LogP contribution in [-0.4, -0.2) is 52.6 Å². The van der Waals surface area contributed by atoms with Crippen molar-refractivity contribution in [2.75, 3.05) is 0 Å². The van der Waals surface area contributed by atoms with Gasteiger partial charge in [-0.2, -0.15) is 0 Å². The van der Waals surface area contributed by atoms with Gasteiger partial charge in [0.2, 0.25) is 0 Å². The third-order valence-corrected chi connectivity index (χ3v) is 3.75. The Labute approximate surface area is 264 Å². The quantitative estimate of drug-likeness (QED) is 0.216. The van der Waals surface area contributed by atoms with Crippen molar-refractivity contribution in [3.05, 3.63) is 108 Å². The van der Waals surface area contributed by atoms with Gasteiger partial charge >= 0.3 is 34.1 Å². The molecule has 232 valence electrons. The van der Waals surface area contributed by atoms with Crippen LogP contribution in [-0.2, 0) is 84.6 Å². The van der Waals surface area contributed by atoms with Gasteiger partial charge < -0.3 is 27.3 Å². The largest absolute Gasteiger partial charge is 3.00 e. The third kappa shape index (κ3) is 63.0. The Balaban J connectivity index is -0.000000127. The predicted octanol–water partition coefficient (Wildman–Crippen LogP) is 2.73. The Hall–Kier alpha value is -1.69. The van der Waals surface area contributed by atoms with Crippen molar-refractivity contribution in [2.45, 2.75) is 40.0 Å². The molecule has 0 fully saturated rings. The van der Waals surface area contributed by atoms with Gasteiger partial charge in [0, 0.05) is 31.2 Å². The molecule has 0 aromatic heterocycles. The summed E-state index contributed by atoms with van der Waals surface area (Å²) in [4.78, 5) is 0. The first-order valence-corrected chi connectivity index (χ1v) is 14.9. The SMILES string of the molecule is CCc1ccccc1.CCc1ccccc1.CCc1ccccc1.O=S(=O)([O-])[O-].O=S(=O)([O-])[O-].O=S(=O)([O-])[O-].[Fe+3].[Fe+3]. The molecule has 41 heavy (non-hydrogen) atoms. The van der Waals surface area contributed by atoms with Crippen molar-refractivity contribution in [1.82, 2.24) is 0 Å². The number of hydrogen-bond donors (Lipinski definition) is 0. The summed E-state index contributed by atoms with van der Waals surface area (Å²) in [7, 11) is -15.5. The predicted molar refractivity (Wildman–Crippen MR) is 139 cm³/mol. The molecule has 0 saturated carbocycles. The van der Waals surface area contributed by atoms with E-state index in [1.807, 2.05) is 18.2 Å². The molecule has 12 nitrogen and oxygen atoms in total. The molecule has 3 aromatic carbocycles. The summed E-state index contributed by atoms with van der Waals surface area (Å²) in [6, 6.07) is 31.4. The van der Waals surface area contributed by atoms with Gasteiger partial charge in [-0.25, -0.2) is 0 Å². The minimum atomic E-state index is -5.17. The van der Waals surface area contributed by atoms with Crippen LogP contribution in [0.4, 0.5) is 0 Å². The molecule has 3 rings (SSSR count). The molecule has 0 amide bonds. The van der Waals surface area contributed by atoms with Crippen LogP contribution >= 0.6 is 0 Å². The Morgan fingerprint density at radius 2 is 0.512 bits per heavy atom. The number of benzene rings is 3. The molecule has 0 bridgehead atoms. The average molecular weight is 718 g/mol. The summed E-state index contributed by atoms with van der Waals surface area (Å²) < 4.78 is 102. The minimum Gasteiger partial charge on any atom is -0.759 e. The van der Waals surface area contributed by atoms with E-state index in [-0.39, 0.29) is 34.1 Å². The molecule has 0 saturated heterocycles. The minimum absolute atomic E-state index is 0. The van der Waals surface area contributed by atoms with Gasteiger partial charge in [-0.05, 0) is 36.0 Å². The zero-order valence-corrected chi connectivity index (χ0v) is 26.8. The second-order valence-corrected chi connectivity index (χ2v) is 9.19. The first-order chi connectivity index (χ1) is 17.8. The van der Waals surface area contributed by atoms with E-state index < -0.39 is 31.2 Å². The summed E-state index contributed by atoms with van der Waals surface area (Å²) in [5.74, 6) is 0. The molecule has 0 spiro atoms. The van der Waals surface area contributed by atoms with Gasteiger partial charge in [0.25, 0.3) is 0 Å². The van der Waals surface area contributed by atoms with Crippen molar-refractivity contribution in [2.24, 2.45) is 0 Å². The summed E-state index contributed by atoms with van der Waals surface area (Å²) in [5, 5.41) is 0. The standard InChI is InChI=1S/3C8H10.2Fe.3H2O4S/c3*1-2-8-6-4-3-5-7-8;;;3*1-5(2,3)4/h3*3-7H,2H2,1H3;;;3*(H2,1,2,3,4)/q;;;2*+3;;;/p-6. The molecule has 0 aliphatic heterocycles. The van der Waals surface area contributed by atoms with Crippen LogP contribution < -0.4 is 0 Å². The Morgan fingerprint density at radius 3 is 0.585 bits per heavy atom. The van der Waals surface area contributed by atoms with Gasteiger partial charge in [-0.15, -0.1) is 0 Å². The second kappa shape index (κ2) is 28.4. The summed E-state index contributed by atoms with van der Waals surface area (Å²) in [6.07, 6.45) is 3.42. The van der Waals surface area contributed by atoms with Crippen LogP contribution in [0.25, 0.3) is 0 Å². The van der Waals surface area contributed by atoms with E-state index in [0.29, 0.717) is 0 Å². The molecule has 17 heteroatoms. The molecular formula is C24H30Fe2O12S3. The molecule has 3 aromatic rings. The van der Waals surface area contributed by atoms with Gasteiger partial charge in [-0.3, -0.25) is 25.3 Å². The zero-order chi connectivity index (χ0) is 31.0. The fourth-order valence-electron chi connectivity index (χ4n) is 2.14. The summed E-state index contributed by atoms with van der Waals surface area (Å²) in [6.45, 7) is 6.49. The second-order valence-electron chi connectivity index (χ2n) is 6.74. The maximum atomic E-state index is 8.52. The van der Waals surface area contributed by atoms with Gasteiger partial charge in [0.05, 0.1) is 0 Å². The van der Waals surface area contributed by atoms with Gasteiger partial charge in [0.1, 0.15) is 0 Å². The summed E-state index contributed by atoms with van der Waals surface area (Å²) >= 11 is 0. The molecule has 0 aliphatic carbocycles. The van der Waals surface area contributed by atoms with Crippen LogP contribution in [0.3, 0.4) is 0 Å². The number of hydrogen-bond acceptors (Lipinski definition) is 12. The van der Waals surface area contributed by atoms with Crippen molar-refractivity contribution in [1.29, 1.82) is 0 Å². The van der Waals surface area contributed by atoms with E-state index in [1.165, 1.54) is 16.7 Å². The number of aryl methyl sites for hydroxylation is 3.